The molecule has 3 aromatic rings. The van der Waals surface area contributed by atoms with Gasteiger partial charge in [0.15, 0.2) is 0 Å². The first-order valence-corrected chi connectivity index (χ1v) is 10.2. The second-order valence-corrected chi connectivity index (χ2v) is 8.08. The van der Waals surface area contributed by atoms with Crippen molar-refractivity contribution < 1.29 is 14.3 Å². The van der Waals surface area contributed by atoms with Crippen molar-refractivity contribution in [1.82, 2.24) is 10.3 Å². The van der Waals surface area contributed by atoms with Gasteiger partial charge in [-0.2, -0.15) is 0 Å². The molecule has 2 heterocycles. The lowest BCUT2D eigenvalue weighted by atomic mass is 10.0. The van der Waals surface area contributed by atoms with E-state index in [0.717, 1.165) is 33.6 Å². The maximum atomic E-state index is 12.8. The summed E-state index contributed by atoms with van der Waals surface area (Å²) in [5.74, 6) is 0.697. The Labute approximate surface area is 176 Å². The zero-order chi connectivity index (χ0) is 21.4. The standard InChI is InChI=1S/C24H27N3O3/c1-14-9-15(2)24-21(10-14)20(16(3)25-24)12-22(28)26-17-11-23(29)27(13-17)18-5-7-19(30-4)8-6-18/h5-10,17,25H,11-13H2,1-4H3,(H,26,28). The lowest BCUT2D eigenvalue weighted by Gasteiger charge is -2.17. The molecule has 2 aromatic carbocycles. The van der Waals surface area contributed by atoms with Crippen LogP contribution in [0.1, 0.15) is 28.8 Å². The number of ether oxygens (including phenoxy) is 1. The molecular formula is C24H27N3O3. The zero-order valence-electron chi connectivity index (χ0n) is 17.8. The summed E-state index contributed by atoms with van der Waals surface area (Å²) in [4.78, 5) is 30.4. The first-order chi connectivity index (χ1) is 14.4. The second-order valence-electron chi connectivity index (χ2n) is 8.08. The van der Waals surface area contributed by atoms with Crippen LogP contribution in [-0.4, -0.2) is 36.5 Å². The first kappa shape index (κ1) is 20.0. The molecule has 1 aliphatic heterocycles. The van der Waals surface area contributed by atoms with Crippen molar-refractivity contribution in [3.8, 4) is 5.75 Å². The Balaban J connectivity index is 1.45. The van der Waals surface area contributed by atoms with Crippen LogP contribution in [0, 0.1) is 20.8 Å². The molecule has 1 unspecified atom stereocenters. The quantitative estimate of drug-likeness (QED) is 0.682. The van der Waals surface area contributed by atoms with Crippen LogP contribution >= 0.6 is 0 Å². The number of aromatic nitrogens is 1. The normalized spacial score (nSPS) is 16.3. The summed E-state index contributed by atoms with van der Waals surface area (Å²) < 4.78 is 5.17. The summed E-state index contributed by atoms with van der Waals surface area (Å²) in [6.45, 7) is 6.62. The Morgan fingerprint density at radius 3 is 2.63 bits per heavy atom. The van der Waals surface area contributed by atoms with Crippen molar-refractivity contribution in [2.45, 2.75) is 39.7 Å². The molecule has 0 spiro atoms. The van der Waals surface area contributed by atoms with Crippen molar-refractivity contribution in [3.05, 3.63) is 58.8 Å². The zero-order valence-corrected chi connectivity index (χ0v) is 17.8. The van der Waals surface area contributed by atoms with Gasteiger partial charge in [0.05, 0.1) is 19.6 Å². The topological polar surface area (TPSA) is 74.4 Å². The Hall–Kier alpha value is -3.28. The van der Waals surface area contributed by atoms with Crippen LogP contribution in [0.4, 0.5) is 5.69 Å². The minimum absolute atomic E-state index is 0.0139. The molecule has 2 amide bonds. The number of H-pyrrole nitrogens is 1. The van der Waals surface area contributed by atoms with Crippen LogP contribution in [0.2, 0.25) is 0 Å². The summed E-state index contributed by atoms with van der Waals surface area (Å²) in [6.07, 6.45) is 0.602. The number of methoxy groups -OCH3 is 1. The fraction of sp³-hybridized carbons (Fsp3) is 0.333. The van der Waals surface area contributed by atoms with Crippen LogP contribution < -0.4 is 15.0 Å². The maximum absolute atomic E-state index is 12.8. The summed E-state index contributed by atoms with van der Waals surface area (Å²) in [7, 11) is 1.61. The lowest BCUT2D eigenvalue weighted by molar-refractivity contribution is -0.121. The van der Waals surface area contributed by atoms with Crippen LogP contribution in [-0.2, 0) is 16.0 Å². The summed E-state index contributed by atoms with van der Waals surface area (Å²) in [5.41, 5.74) is 6.29. The highest BCUT2D eigenvalue weighted by atomic mass is 16.5. The Bertz CT molecular complexity index is 1110. The van der Waals surface area contributed by atoms with Gasteiger partial charge in [0.25, 0.3) is 0 Å². The number of carbonyl (C=O) groups is 2. The predicted octanol–water partition coefficient (Wildman–Crippen LogP) is 3.57. The van der Waals surface area contributed by atoms with Crippen molar-refractivity contribution in [3.63, 3.8) is 0 Å². The molecule has 1 aliphatic rings. The number of hydrogen-bond donors (Lipinski definition) is 2. The smallest absolute Gasteiger partial charge is 0.229 e. The average molecular weight is 405 g/mol. The van der Waals surface area contributed by atoms with E-state index in [9.17, 15) is 9.59 Å². The Morgan fingerprint density at radius 1 is 1.20 bits per heavy atom. The summed E-state index contributed by atoms with van der Waals surface area (Å²) in [5, 5.41) is 4.15. The number of fused-ring (bicyclic) bond motifs is 1. The maximum Gasteiger partial charge on any atom is 0.229 e. The summed E-state index contributed by atoms with van der Waals surface area (Å²) >= 11 is 0. The monoisotopic (exact) mass is 405 g/mol. The highest BCUT2D eigenvalue weighted by Gasteiger charge is 2.31. The number of anilines is 1. The molecule has 30 heavy (non-hydrogen) atoms. The van der Waals surface area contributed by atoms with E-state index in [1.807, 2.05) is 31.2 Å². The molecule has 0 bridgehead atoms. The molecule has 2 N–H and O–H groups in total. The van der Waals surface area contributed by atoms with E-state index in [4.69, 9.17) is 4.74 Å². The van der Waals surface area contributed by atoms with Crippen LogP contribution in [0.25, 0.3) is 10.9 Å². The van der Waals surface area contributed by atoms with Gasteiger partial charge in [-0.3, -0.25) is 9.59 Å². The number of carbonyl (C=O) groups excluding carboxylic acids is 2. The number of hydrogen-bond acceptors (Lipinski definition) is 3. The van der Waals surface area contributed by atoms with Crippen LogP contribution in [0.15, 0.2) is 36.4 Å². The van der Waals surface area contributed by atoms with E-state index in [1.54, 1.807) is 12.0 Å². The van der Waals surface area contributed by atoms with E-state index < -0.39 is 0 Å². The van der Waals surface area contributed by atoms with Crippen LogP contribution in [0.3, 0.4) is 0 Å². The number of aryl methyl sites for hydroxylation is 3. The molecule has 156 valence electrons. The van der Waals surface area contributed by atoms with Crippen molar-refractivity contribution in [2.24, 2.45) is 0 Å². The van der Waals surface area contributed by atoms with E-state index in [2.05, 4.69) is 36.3 Å². The van der Waals surface area contributed by atoms with Gasteiger partial charge in [-0.1, -0.05) is 11.6 Å². The third kappa shape index (κ3) is 3.77. The molecule has 0 saturated carbocycles. The second kappa shape index (κ2) is 7.86. The molecule has 1 fully saturated rings. The van der Waals surface area contributed by atoms with E-state index >= 15 is 0 Å². The van der Waals surface area contributed by atoms with E-state index in [-0.39, 0.29) is 17.9 Å². The minimum Gasteiger partial charge on any atom is -0.497 e. The third-order valence-corrected chi connectivity index (χ3v) is 5.78. The third-order valence-electron chi connectivity index (χ3n) is 5.78. The van der Waals surface area contributed by atoms with Gasteiger partial charge < -0.3 is 19.9 Å². The van der Waals surface area contributed by atoms with Gasteiger partial charge >= 0.3 is 0 Å². The summed E-state index contributed by atoms with van der Waals surface area (Å²) in [6, 6.07) is 11.5. The molecule has 1 saturated heterocycles. The number of nitrogens with zero attached hydrogens (tertiary/aromatic N) is 1. The van der Waals surface area contributed by atoms with Gasteiger partial charge in [0.1, 0.15) is 5.75 Å². The van der Waals surface area contributed by atoms with Gasteiger partial charge in [-0.15, -0.1) is 0 Å². The molecule has 6 heteroatoms. The fourth-order valence-electron chi connectivity index (χ4n) is 4.32. The molecule has 1 aromatic heterocycles. The number of amides is 2. The Morgan fingerprint density at radius 2 is 1.93 bits per heavy atom. The first-order valence-electron chi connectivity index (χ1n) is 10.2. The predicted molar refractivity (Wildman–Crippen MR) is 118 cm³/mol. The molecular weight excluding hydrogens is 378 g/mol. The number of rotatable bonds is 5. The van der Waals surface area contributed by atoms with E-state index in [1.165, 1.54) is 11.1 Å². The van der Waals surface area contributed by atoms with Gasteiger partial charge in [-0.25, -0.2) is 0 Å². The number of aromatic amines is 1. The van der Waals surface area contributed by atoms with Gasteiger partial charge in [-0.05, 0) is 62.2 Å². The molecule has 0 aliphatic carbocycles. The van der Waals surface area contributed by atoms with E-state index in [0.29, 0.717) is 19.4 Å². The van der Waals surface area contributed by atoms with Crippen molar-refractivity contribution in [1.29, 1.82) is 0 Å². The van der Waals surface area contributed by atoms with Crippen molar-refractivity contribution in [2.75, 3.05) is 18.6 Å². The van der Waals surface area contributed by atoms with Gasteiger partial charge in [0.2, 0.25) is 11.8 Å². The highest BCUT2D eigenvalue weighted by molar-refractivity contribution is 5.97. The number of benzene rings is 2. The fourth-order valence-corrected chi connectivity index (χ4v) is 4.32. The van der Waals surface area contributed by atoms with Crippen molar-refractivity contribution >= 4 is 28.4 Å². The molecule has 1 atom stereocenters. The highest BCUT2D eigenvalue weighted by Crippen LogP contribution is 2.27. The number of nitrogens with one attached hydrogen (secondary N) is 2. The molecule has 6 nitrogen and oxygen atoms in total. The van der Waals surface area contributed by atoms with Crippen LogP contribution in [0.5, 0.6) is 5.75 Å². The van der Waals surface area contributed by atoms with Gasteiger partial charge in [0, 0.05) is 35.2 Å². The lowest BCUT2D eigenvalue weighted by Crippen LogP contribution is -2.38. The molecule has 4 rings (SSSR count). The Kier molecular flexibility index (Phi) is 5.24. The molecule has 0 radical (unpaired) electrons. The SMILES string of the molecule is COc1ccc(N2CC(NC(=O)Cc3c(C)[nH]c4c(C)cc(C)cc34)CC2=O)cc1. The minimum atomic E-state index is -0.193. The average Bonchev–Trinajstić information content (AvgIpc) is 3.22. The largest absolute Gasteiger partial charge is 0.497 e.